The molecule has 1 rings (SSSR count). The molecule has 0 spiro atoms. The maximum atomic E-state index is 12.9. The summed E-state index contributed by atoms with van der Waals surface area (Å²) in [7, 11) is -3.85. The summed E-state index contributed by atoms with van der Waals surface area (Å²) >= 11 is 2.94. The van der Waals surface area contributed by atoms with Gasteiger partial charge in [0.25, 0.3) is 0 Å². The van der Waals surface area contributed by atoms with Crippen molar-refractivity contribution in [1.29, 1.82) is 0 Å². The van der Waals surface area contributed by atoms with E-state index in [2.05, 4.69) is 21.2 Å². The fraction of sp³-hybridized carbons (Fsp3) is 0.500. The smallest absolute Gasteiger partial charge is 0.313 e. The Labute approximate surface area is 130 Å². The summed E-state index contributed by atoms with van der Waals surface area (Å²) in [6.45, 7) is 3.85. The number of benzene rings is 1. The van der Waals surface area contributed by atoms with E-state index in [1.54, 1.807) is 0 Å². The summed E-state index contributed by atoms with van der Waals surface area (Å²) in [5, 5.41) is 2.89. The van der Waals surface area contributed by atoms with Crippen LogP contribution in [-0.4, -0.2) is 26.8 Å². The Morgan fingerprint density at radius 2 is 1.90 bits per heavy atom. The third-order valence-electron chi connectivity index (χ3n) is 2.48. The van der Waals surface area contributed by atoms with E-state index in [-0.39, 0.29) is 22.8 Å². The van der Waals surface area contributed by atoms with E-state index in [1.165, 1.54) is 6.07 Å². The first-order valence-electron chi connectivity index (χ1n) is 6.12. The Morgan fingerprint density at radius 1 is 1.29 bits per heavy atom. The monoisotopic (exact) mass is 388 g/mol. The summed E-state index contributed by atoms with van der Waals surface area (Å²) in [4.78, 5) is 0. The number of nitrogens with one attached hydrogen (secondary N) is 2. The highest BCUT2D eigenvalue weighted by molar-refractivity contribution is 9.10. The SMILES string of the molecule is CC(C)NCCS(=O)(=O)Nc1ccc(Br)cc1C(F)(F)F. The maximum absolute atomic E-state index is 12.9. The average molecular weight is 389 g/mol. The largest absolute Gasteiger partial charge is 0.418 e. The standard InChI is InChI=1S/C12H16BrF3N2O2S/c1-8(2)17-5-6-21(19,20)18-11-4-3-9(13)7-10(11)12(14,15)16/h3-4,7-8,17-18H,5-6H2,1-2H3. The molecule has 0 radical (unpaired) electrons. The minimum atomic E-state index is -4.64. The van der Waals surface area contributed by atoms with Gasteiger partial charge >= 0.3 is 6.18 Å². The first-order chi connectivity index (χ1) is 9.51. The van der Waals surface area contributed by atoms with E-state index in [0.29, 0.717) is 0 Å². The van der Waals surface area contributed by atoms with E-state index >= 15 is 0 Å². The minimum absolute atomic E-state index is 0.0959. The second-order valence-corrected chi connectivity index (χ2v) is 7.47. The van der Waals surface area contributed by atoms with Gasteiger partial charge in [-0.05, 0) is 18.2 Å². The zero-order valence-electron chi connectivity index (χ0n) is 11.5. The summed E-state index contributed by atoms with van der Waals surface area (Å²) in [5.41, 5.74) is -1.51. The van der Waals surface area contributed by atoms with Crippen LogP contribution in [0.5, 0.6) is 0 Å². The summed E-state index contributed by atoms with van der Waals surface area (Å²) in [5.74, 6) is -0.307. The number of sulfonamides is 1. The number of hydrogen-bond acceptors (Lipinski definition) is 3. The highest BCUT2D eigenvalue weighted by Gasteiger charge is 2.34. The van der Waals surface area contributed by atoms with Gasteiger partial charge in [-0.1, -0.05) is 29.8 Å². The van der Waals surface area contributed by atoms with Crippen molar-refractivity contribution < 1.29 is 21.6 Å². The van der Waals surface area contributed by atoms with Gasteiger partial charge in [0.2, 0.25) is 10.0 Å². The normalized spacial score (nSPS) is 12.7. The molecule has 0 saturated heterocycles. The number of hydrogen-bond donors (Lipinski definition) is 2. The lowest BCUT2D eigenvalue weighted by Crippen LogP contribution is -2.31. The second kappa shape index (κ2) is 6.97. The van der Waals surface area contributed by atoms with Crippen molar-refractivity contribution >= 4 is 31.6 Å². The van der Waals surface area contributed by atoms with Crippen molar-refractivity contribution in [3.8, 4) is 0 Å². The number of rotatable bonds is 6. The predicted octanol–water partition coefficient (Wildman–Crippen LogP) is 3.21. The van der Waals surface area contributed by atoms with E-state index in [9.17, 15) is 21.6 Å². The van der Waals surface area contributed by atoms with Gasteiger partial charge in [-0.25, -0.2) is 8.42 Å². The zero-order valence-corrected chi connectivity index (χ0v) is 13.9. The molecule has 1 aromatic rings. The molecule has 9 heteroatoms. The molecule has 0 bridgehead atoms. The highest BCUT2D eigenvalue weighted by atomic mass is 79.9. The van der Waals surface area contributed by atoms with Crippen LogP contribution < -0.4 is 10.0 Å². The number of anilines is 1. The molecule has 0 saturated carbocycles. The summed E-state index contributed by atoms with van der Waals surface area (Å²) in [6, 6.07) is 3.36. The predicted molar refractivity (Wildman–Crippen MR) is 79.7 cm³/mol. The van der Waals surface area contributed by atoms with Crippen molar-refractivity contribution in [2.24, 2.45) is 0 Å². The van der Waals surface area contributed by atoms with Crippen molar-refractivity contribution in [3.05, 3.63) is 28.2 Å². The van der Waals surface area contributed by atoms with Gasteiger partial charge in [-0.3, -0.25) is 4.72 Å². The van der Waals surface area contributed by atoms with Crippen LogP contribution in [0.25, 0.3) is 0 Å². The van der Waals surface area contributed by atoms with E-state index in [4.69, 9.17) is 0 Å². The minimum Gasteiger partial charge on any atom is -0.313 e. The Kier molecular flexibility index (Phi) is 6.06. The van der Waals surface area contributed by atoms with Crippen LogP contribution in [0, 0.1) is 0 Å². The highest BCUT2D eigenvalue weighted by Crippen LogP contribution is 2.36. The van der Waals surface area contributed by atoms with Crippen LogP contribution in [-0.2, 0) is 16.2 Å². The molecule has 0 heterocycles. The molecular formula is C12H16BrF3N2O2S. The molecule has 0 atom stereocenters. The molecule has 0 aliphatic carbocycles. The van der Waals surface area contributed by atoms with Crippen molar-refractivity contribution in [2.75, 3.05) is 17.0 Å². The Balaban J connectivity index is 2.92. The summed E-state index contributed by atoms with van der Waals surface area (Å²) < 4.78 is 64.5. The van der Waals surface area contributed by atoms with Crippen LogP contribution in [0.3, 0.4) is 0 Å². The fourth-order valence-electron chi connectivity index (χ4n) is 1.54. The van der Waals surface area contributed by atoms with Gasteiger partial charge in [0.1, 0.15) is 0 Å². The first-order valence-corrected chi connectivity index (χ1v) is 8.56. The topological polar surface area (TPSA) is 58.2 Å². The Morgan fingerprint density at radius 3 is 2.43 bits per heavy atom. The average Bonchev–Trinajstić information content (AvgIpc) is 2.29. The van der Waals surface area contributed by atoms with Gasteiger partial charge in [-0.15, -0.1) is 0 Å². The lowest BCUT2D eigenvalue weighted by molar-refractivity contribution is -0.136. The molecule has 0 aromatic heterocycles. The third kappa shape index (κ3) is 6.23. The van der Waals surface area contributed by atoms with Gasteiger partial charge in [0, 0.05) is 17.1 Å². The molecule has 1 aromatic carbocycles. The van der Waals surface area contributed by atoms with Crippen LogP contribution >= 0.6 is 15.9 Å². The first kappa shape index (κ1) is 18.2. The van der Waals surface area contributed by atoms with Crippen LogP contribution in [0.2, 0.25) is 0 Å². The fourth-order valence-corrected chi connectivity index (χ4v) is 2.90. The van der Waals surface area contributed by atoms with E-state index < -0.39 is 27.5 Å². The second-order valence-electron chi connectivity index (χ2n) is 4.72. The van der Waals surface area contributed by atoms with Crippen molar-refractivity contribution in [3.63, 3.8) is 0 Å². The molecular weight excluding hydrogens is 373 g/mol. The van der Waals surface area contributed by atoms with Gasteiger partial charge in [-0.2, -0.15) is 13.2 Å². The van der Waals surface area contributed by atoms with E-state index in [1.807, 2.05) is 18.6 Å². The molecule has 2 N–H and O–H groups in total. The van der Waals surface area contributed by atoms with E-state index in [0.717, 1.165) is 12.1 Å². The molecule has 0 aliphatic rings. The molecule has 0 unspecified atom stereocenters. The van der Waals surface area contributed by atoms with Gasteiger partial charge < -0.3 is 5.32 Å². The van der Waals surface area contributed by atoms with Crippen LogP contribution in [0.1, 0.15) is 19.4 Å². The lowest BCUT2D eigenvalue weighted by atomic mass is 10.2. The van der Waals surface area contributed by atoms with Crippen LogP contribution in [0.4, 0.5) is 18.9 Å². The van der Waals surface area contributed by atoms with Gasteiger partial charge in [0.15, 0.2) is 0 Å². The Bertz CT molecular complexity index is 589. The molecule has 0 amide bonds. The lowest BCUT2D eigenvalue weighted by Gasteiger charge is -2.15. The molecule has 120 valence electrons. The maximum Gasteiger partial charge on any atom is 0.418 e. The third-order valence-corrected chi connectivity index (χ3v) is 4.24. The molecule has 4 nitrogen and oxygen atoms in total. The molecule has 0 fully saturated rings. The molecule has 0 aliphatic heterocycles. The number of halogens is 4. The van der Waals surface area contributed by atoms with Crippen molar-refractivity contribution in [1.82, 2.24) is 5.32 Å². The quantitative estimate of drug-likeness (QED) is 0.786. The summed E-state index contributed by atoms with van der Waals surface area (Å²) in [6.07, 6.45) is -4.64. The number of alkyl halides is 3. The Hall–Kier alpha value is -0.800. The zero-order chi connectivity index (χ0) is 16.3. The van der Waals surface area contributed by atoms with Gasteiger partial charge in [0.05, 0.1) is 17.0 Å². The molecule has 21 heavy (non-hydrogen) atoms. The van der Waals surface area contributed by atoms with Crippen molar-refractivity contribution in [2.45, 2.75) is 26.1 Å². The van der Waals surface area contributed by atoms with Crippen LogP contribution in [0.15, 0.2) is 22.7 Å².